The van der Waals surface area contributed by atoms with E-state index in [1.807, 2.05) is 60.7 Å². The largest absolute Gasteiger partial charge is 0.226 e. The van der Waals surface area contributed by atoms with E-state index in [9.17, 15) is 0 Å². The van der Waals surface area contributed by atoms with E-state index in [1.54, 1.807) is 0 Å². The predicted molar refractivity (Wildman–Crippen MR) is 137 cm³/mol. The third kappa shape index (κ3) is 4.72. The Balaban J connectivity index is 0.00000245. The highest BCUT2D eigenvalue weighted by Crippen LogP contribution is 2.28. The molecule has 0 aliphatic heterocycles. The van der Waals surface area contributed by atoms with Gasteiger partial charge in [0.05, 0.1) is 0 Å². The molecule has 1 aromatic heterocycles. The molecule has 0 spiro atoms. The smallest absolute Gasteiger partial charge is 0.208 e. The number of rotatable bonds is 4. The molecule has 1 heterocycles. The van der Waals surface area contributed by atoms with Crippen LogP contribution in [0.15, 0.2) is 109 Å². The molecule has 0 fully saturated rings. The van der Waals surface area contributed by atoms with Crippen LogP contribution in [0.2, 0.25) is 5.28 Å². The number of halogens is 1. The highest BCUT2D eigenvalue weighted by molar-refractivity contribution is 7.59. The molecule has 0 unspecified atom stereocenters. The molecule has 156 valence electrons. The Bertz CT molecular complexity index is 1240. The molecule has 0 N–H and O–H groups in total. The highest BCUT2D eigenvalue weighted by Gasteiger charge is 2.11. The zero-order valence-electron chi connectivity index (χ0n) is 17.1. The molecule has 3 nitrogen and oxygen atoms in total. The molecular formula is C27H20ClN3S. The number of hydrogen-bond acceptors (Lipinski definition) is 3. The van der Waals surface area contributed by atoms with Gasteiger partial charge in [-0.3, -0.25) is 0 Å². The fourth-order valence-electron chi connectivity index (χ4n) is 3.55. The lowest BCUT2D eigenvalue weighted by Gasteiger charge is -2.08. The molecule has 5 heteroatoms. The second-order valence-electron chi connectivity index (χ2n) is 7.15. The second kappa shape index (κ2) is 9.77. The predicted octanol–water partition coefficient (Wildman–Crippen LogP) is 7.31. The first kappa shape index (κ1) is 21.8. The molecule has 0 saturated carbocycles. The maximum Gasteiger partial charge on any atom is 0.226 e. The number of hydrogen-bond donors (Lipinski definition) is 0. The van der Waals surface area contributed by atoms with Crippen LogP contribution in [0, 0.1) is 0 Å². The highest BCUT2D eigenvalue weighted by atomic mass is 35.5. The van der Waals surface area contributed by atoms with Gasteiger partial charge in [0.1, 0.15) is 0 Å². The lowest BCUT2D eigenvalue weighted by Crippen LogP contribution is -1.97. The molecule has 0 saturated heterocycles. The van der Waals surface area contributed by atoms with Crippen LogP contribution in [0.1, 0.15) is 0 Å². The Morgan fingerprint density at radius 2 is 0.781 bits per heavy atom. The van der Waals surface area contributed by atoms with Crippen molar-refractivity contribution >= 4 is 25.1 Å². The van der Waals surface area contributed by atoms with E-state index in [2.05, 4.69) is 58.5 Å². The first-order chi connectivity index (χ1) is 15.3. The van der Waals surface area contributed by atoms with Crippen LogP contribution in [-0.4, -0.2) is 15.0 Å². The first-order valence-corrected chi connectivity index (χ1v) is 10.4. The molecule has 32 heavy (non-hydrogen) atoms. The summed E-state index contributed by atoms with van der Waals surface area (Å²) in [6.07, 6.45) is 0. The molecule has 5 rings (SSSR count). The molecule has 0 atom stereocenters. The topological polar surface area (TPSA) is 38.7 Å². The van der Waals surface area contributed by atoms with Crippen molar-refractivity contribution in [3.8, 4) is 45.0 Å². The van der Waals surface area contributed by atoms with Crippen molar-refractivity contribution in [3.05, 3.63) is 114 Å². The van der Waals surface area contributed by atoms with E-state index < -0.39 is 0 Å². The first-order valence-electron chi connectivity index (χ1n) is 9.99. The van der Waals surface area contributed by atoms with Crippen LogP contribution in [0.25, 0.3) is 45.0 Å². The third-order valence-corrected chi connectivity index (χ3v) is 5.23. The Morgan fingerprint density at radius 3 is 1.22 bits per heavy atom. The van der Waals surface area contributed by atoms with Gasteiger partial charge in [-0.2, -0.15) is 23.5 Å². The fraction of sp³-hybridized carbons (Fsp3) is 0. The van der Waals surface area contributed by atoms with Gasteiger partial charge in [-0.1, -0.05) is 97.1 Å². The van der Waals surface area contributed by atoms with Gasteiger partial charge in [0.15, 0.2) is 11.6 Å². The van der Waals surface area contributed by atoms with Crippen molar-refractivity contribution in [1.29, 1.82) is 0 Å². The summed E-state index contributed by atoms with van der Waals surface area (Å²) in [5.74, 6) is 1.11. The molecule has 0 amide bonds. The lowest BCUT2D eigenvalue weighted by molar-refractivity contribution is 1.07. The van der Waals surface area contributed by atoms with Crippen molar-refractivity contribution < 1.29 is 0 Å². The van der Waals surface area contributed by atoms with Crippen molar-refractivity contribution in [2.24, 2.45) is 0 Å². The fourth-order valence-corrected chi connectivity index (χ4v) is 3.71. The van der Waals surface area contributed by atoms with E-state index in [4.69, 9.17) is 16.6 Å². The van der Waals surface area contributed by atoms with Gasteiger partial charge in [-0.05, 0) is 46.0 Å². The second-order valence-corrected chi connectivity index (χ2v) is 7.48. The standard InChI is InChI=1S/C27H18ClN3.H2S/c28-27-30-25(23-15-7-13-21(17-23)19-9-3-1-4-10-19)29-26(31-27)24-16-8-14-22(18-24)20-11-5-2-6-12-20;/h1-18H;1H2. The third-order valence-electron chi connectivity index (χ3n) is 5.06. The Kier molecular flexibility index (Phi) is 6.64. The van der Waals surface area contributed by atoms with Crippen LogP contribution in [-0.2, 0) is 0 Å². The average Bonchev–Trinajstić information content (AvgIpc) is 2.85. The van der Waals surface area contributed by atoms with Crippen molar-refractivity contribution in [2.75, 3.05) is 0 Å². The van der Waals surface area contributed by atoms with Gasteiger partial charge in [0, 0.05) is 11.1 Å². The molecule has 5 aromatic rings. The Hall–Kier alpha value is -3.47. The summed E-state index contributed by atoms with van der Waals surface area (Å²) < 4.78 is 0. The monoisotopic (exact) mass is 453 g/mol. The van der Waals surface area contributed by atoms with Gasteiger partial charge in [0.25, 0.3) is 0 Å². The van der Waals surface area contributed by atoms with Gasteiger partial charge in [-0.25, -0.2) is 4.98 Å². The van der Waals surface area contributed by atoms with Gasteiger partial charge < -0.3 is 0 Å². The van der Waals surface area contributed by atoms with Crippen LogP contribution in [0.3, 0.4) is 0 Å². The molecule has 4 aromatic carbocycles. The van der Waals surface area contributed by atoms with E-state index in [0.29, 0.717) is 11.6 Å². The minimum Gasteiger partial charge on any atom is -0.208 e. The van der Waals surface area contributed by atoms with Crippen LogP contribution in [0.5, 0.6) is 0 Å². The van der Waals surface area contributed by atoms with Gasteiger partial charge >= 0.3 is 0 Å². The Morgan fingerprint density at radius 1 is 0.406 bits per heavy atom. The Labute approximate surface area is 199 Å². The maximum atomic E-state index is 6.30. The van der Waals surface area contributed by atoms with Gasteiger partial charge in [0.2, 0.25) is 5.28 Å². The minimum atomic E-state index is 0. The van der Waals surface area contributed by atoms with Gasteiger partial charge in [-0.15, -0.1) is 0 Å². The minimum absolute atomic E-state index is 0. The van der Waals surface area contributed by atoms with Crippen molar-refractivity contribution in [1.82, 2.24) is 15.0 Å². The summed E-state index contributed by atoms with van der Waals surface area (Å²) >= 11 is 6.30. The van der Waals surface area contributed by atoms with E-state index in [0.717, 1.165) is 33.4 Å². The van der Waals surface area contributed by atoms with Crippen molar-refractivity contribution in [3.63, 3.8) is 0 Å². The van der Waals surface area contributed by atoms with E-state index >= 15 is 0 Å². The molecule has 0 aliphatic rings. The summed E-state index contributed by atoms with van der Waals surface area (Å²) in [6, 6.07) is 36.7. The zero-order chi connectivity index (χ0) is 21.0. The van der Waals surface area contributed by atoms with Crippen LogP contribution in [0.4, 0.5) is 0 Å². The summed E-state index contributed by atoms with van der Waals surface area (Å²) in [5, 5.41) is 0.176. The lowest BCUT2D eigenvalue weighted by atomic mass is 10.0. The molecule has 0 aliphatic carbocycles. The average molecular weight is 454 g/mol. The number of aromatic nitrogens is 3. The normalized spacial score (nSPS) is 10.4. The molecule has 0 radical (unpaired) electrons. The van der Waals surface area contributed by atoms with Crippen LogP contribution < -0.4 is 0 Å². The number of nitrogens with zero attached hydrogens (tertiary/aromatic N) is 3. The SMILES string of the molecule is Clc1nc(-c2cccc(-c3ccccc3)c2)nc(-c2cccc(-c3ccccc3)c2)n1.S. The summed E-state index contributed by atoms with van der Waals surface area (Å²) in [6.45, 7) is 0. The summed E-state index contributed by atoms with van der Waals surface area (Å²) in [7, 11) is 0. The zero-order valence-corrected chi connectivity index (χ0v) is 18.9. The quantitative estimate of drug-likeness (QED) is 0.286. The molecule has 0 bridgehead atoms. The van der Waals surface area contributed by atoms with Crippen LogP contribution >= 0.6 is 25.1 Å². The summed E-state index contributed by atoms with van der Waals surface area (Å²) in [5.41, 5.74) is 6.27. The number of benzene rings is 4. The summed E-state index contributed by atoms with van der Waals surface area (Å²) in [4.78, 5) is 13.5. The van der Waals surface area contributed by atoms with E-state index in [1.165, 1.54) is 0 Å². The maximum absolute atomic E-state index is 6.30. The van der Waals surface area contributed by atoms with Crippen molar-refractivity contribution in [2.45, 2.75) is 0 Å². The molecular weight excluding hydrogens is 434 g/mol. The van der Waals surface area contributed by atoms with E-state index in [-0.39, 0.29) is 18.8 Å².